The van der Waals surface area contributed by atoms with Gasteiger partial charge in [-0.1, -0.05) is 25.1 Å². The molecular weight excluding hydrogens is 356 g/mol. The zero-order chi connectivity index (χ0) is 20.2. The van der Waals surface area contributed by atoms with Crippen molar-refractivity contribution in [2.75, 3.05) is 26.9 Å². The summed E-state index contributed by atoms with van der Waals surface area (Å²) >= 11 is 0. The maximum absolute atomic E-state index is 11.3. The molecule has 28 heavy (non-hydrogen) atoms. The maximum Gasteiger partial charge on any atom is 0.234 e. The van der Waals surface area contributed by atoms with Gasteiger partial charge in [0.25, 0.3) is 0 Å². The average Bonchev–Trinajstić information content (AvgIpc) is 2.72. The van der Waals surface area contributed by atoms with E-state index in [-0.39, 0.29) is 12.3 Å². The molecule has 0 aliphatic carbocycles. The molecule has 6 heteroatoms. The van der Waals surface area contributed by atoms with Crippen LogP contribution in [-0.2, 0) is 17.6 Å². The molecule has 0 heterocycles. The third-order valence-corrected chi connectivity index (χ3v) is 4.14. The Labute approximate surface area is 166 Å². The van der Waals surface area contributed by atoms with Crippen LogP contribution in [0.5, 0.6) is 17.2 Å². The lowest BCUT2D eigenvalue weighted by Gasteiger charge is -2.13. The number of methoxy groups -OCH3 is 1. The molecule has 1 amide bonds. The van der Waals surface area contributed by atoms with Crippen LogP contribution in [0.2, 0.25) is 0 Å². The van der Waals surface area contributed by atoms with E-state index in [1.54, 1.807) is 7.11 Å². The number of ether oxygens (including phenoxy) is 3. The minimum Gasteiger partial charge on any atom is -0.493 e. The van der Waals surface area contributed by atoms with Crippen molar-refractivity contribution in [3.05, 3.63) is 53.6 Å². The molecular formula is C22H26N2O4. The maximum atomic E-state index is 11.3. The third kappa shape index (κ3) is 6.84. The molecule has 2 aromatic rings. The molecule has 0 spiro atoms. The molecule has 0 saturated carbocycles. The van der Waals surface area contributed by atoms with Gasteiger partial charge in [0.1, 0.15) is 25.4 Å². The van der Waals surface area contributed by atoms with Gasteiger partial charge in [0.15, 0.2) is 11.5 Å². The molecule has 0 aliphatic rings. The molecule has 0 unspecified atom stereocenters. The average molecular weight is 382 g/mol. The molecule has 148 valence electrons. The lowest BCUT2D eigenvalue weighted by Crippen LogP contribution is -2.24. The fourth-order valence-electron chi connectivity index (χ4n) is 2.60. The Morgan fingerprint density at radius 2 is 1.75 bits per heavy atom. The van der Waals surface area contributed by atoms with Crippen LogP contribution in [0.1, 0.15) is 24.5 Å². The zero-order valence-corrected chi connectivity index (χ0v) is 16.4. The molecule has 0 saturated heterocycles. The molecule has 2 aromatic carbocycles. The fourth-order valence-corrected chi connectivity index (χ4v) is 2.60. The van der Waals surface area contributed by atoms with Crippen LogP contribution in [-0.4, -0.2) is 32.8 Å². The van der Waals surface area contributed by atoms with Crippen LogP contribution >= 0.6 is 0 Å². The summed E-state index contributed by atoms with van der Waals surface area (Å²) in [5.74, 6) is 1.82. The lowest BCUT2D eigenvalue weighted by atomic mass is 10.1. The number of nitrogens with one attached hydrogen (secondary N) is 1. The monoisotopic (exact) mass is 382 g/mol. The first-order chi connectivity index (χ1) is 13.7. The summed E-state index contributed by atoms with van der Waals surface area (Å²) < 4.78 is 16.9. The van der Waals surface area contributed by atoms with Crippen LogP contribution in [0, 0.1) is 11.3 Å². The van der Waals surface area contributed by atoms with E-state index in [9.17, 15) is 4.79 Å². The van der Waals surface area contributed by atoms with Crippen molar-refractivity contribution in [2.45, 2.75) is 26.2 Å². The van der Waals surface area contributed by atoms with Crippen LogP contribution in [0.4, 0.5) is 0 Å². The number of hydrogen-bond donors (Lipinski definition) is 1. The largest absolute Gasteiger partial charge is 0.493 e. The van der Waals surface area contributed by atoms with Gasteiger partial charge in [0, 0.05) is 6.54 Å². The molecule has 0 fully saturated rings. The summed E-state index contributed by atoms with van der Waals surface area (Å²) in [5.41, 5.74) is 2.28. The van der Waals surface area contributed by atoms with E-state index in [1.165, 1.54) is 5.56 Å². The minimum absolute atomic E-state index is 0.127. The second kappa shape index (κ2) is 11.5. The SMILES string of the molecule is CCc1ccc(OCCOc2cc(CCNC(=O)CC#N)ccc2OC)cc1. The summed E-state index contributed by atoms with van der Waals surface area (Å²) in [7, 11) is 1.59. The van der Waals surface area contributed by atoms with Crippen molar-refractivity contribution in [3.63, 3.8) is 0 Å². The van der Waals surface area contributed by atoms with Crippen LogP contribution < -0.4 is 19.5 Å². The summed E-state index contributed by atoms with van der Waals surface area (Å²) in [6.45, 7) is 3.38. The minimum atomic E-state index is -0.267. The number of carbonyl (C=O) groups is 1. The molecule has 0 bridgehead atoms. The normalized spacial score (nSPS) is 10.0. The van der Waals surface area contributed by atoms with E-state index in [0.29, 0.717) is 37.7 Å². The highest BCUT2D eigenvalue weighted by Crippen LogP contribution is 2.28. The molecule has 0 aromatic heterocycles. The van der Waals surface area contributed by atoms with Gasteiger partial charge in [-0.15, -0.1) is 0 Å². The van der Waals surface area contributed by atoms with Gasteiger partial charge in [0.05, 0.1) is 13.2 Å². The van der Waals surface area contributed by atoms with E-state index >= 15 is 0 Å². The van der Waals surface area contributed by atoms with Crippen LogP contribution in [0.25, 0.3) is 0 Å². The second-order valence-corrected chi connectivity index (χ2v) is 6.11. The van der Waals surface area contributed by atoms with Crippen molar-refractivity contribution in [1.29, 1.82) is 5.26 Å². The highest BCUT2D eigenvalue weighted by molar-refractivity contribution is 5.77. The Morgan fingerprint density at radius 3 is 2.43 bits per heavy atom. The van der Waals surface area contributed by atoms with Gasteiger partial charge in [-0.3, -0.25) is 4.79 Å². The quantitative estimate of drug-likeness (QED) is 0.603. The predicted molar refractivity (Wildman–Crippen MR) is 107 cm³/mol. The van der Waals surface area contributed by atoms with Gasteiger partial charge >= 0.3 is 0 Å². The lowest BCUT2D eigenvalue weighted by molar-refractivity contribution is -0.120. The standard InChI is InChI=1S/C22H26N2O4/c1-3-17-4-7-19(8-5-17)27-14-15-28-21-16-18(6-9-20(21)26-2)11-13-24-22(25)10-12-23/h4-9,16H,3,10-11,13-15H2,1-2H3,(H,24,25). The summed E-state index contributed by atoms with van der Waals surface area (Å²) in [6.07, 6.45) is 1.51. The summed E-state index contributed by atoms with van der Waals surface area (Å²) in [6, 6.07) is 15.5. The number of nitriles is 1. The number of carbonyl (C=O) groups excluding carboxylic acids is 1. The van der Waals surface area contributed by atoms with Crippen molar-refractivity contribution in [1.82, 2.24) is 5.32 Å². The topological polar surface area (TPSA) is 80.6 Å². The second-order valence-electron chi connectivity index (χ2n) is 6.11. The smallest absolute Gasteiger partial charge is 0.234 e. The predicted octanol–water partition coefficient (Wildman–Crippen LogP) is 3.29. The zero-order valence-electron chi connectivity index (χ0n) is 16.4. The van der Waals surface area contributed by atoms with Crippen molar-refractivity contribution < 1.29 is 19.0 Å². The van der Waals surface area contributed by atoms with Gasteiger partial charge in [-0.25, -0.2) is 0 Å². The third-order valence-electron chi connectivity index (χ3n) is 4.14. The van der Waals surface area contributed by atoms with E-state index in [0.717, 1.165) is 17.7 Å². The first kappa shape index (κ1) is 21.1. The number of aryl methyl sites for hydroxylation is 1. The van der Waals surface area contributed by atoms with Crippen molar-refractivity contribution in [3.8, 4) is 23.3 Å². The molecule has 1 N–H and O–H groups in total. The number of amides is 1. The summed E-state index contributed by atoms with van der Waals surface area (Å²) in [4.78, 5) is 11.3. The first-order valence-electron chi connectivity index (χ1n) is 9.31. The van der Waals surface area contributed by atoms with E-state index in [1.807, 2.05) is 36.4 Å². The Balaban J connectivity index is 1.83. The number of benzene rings is 2. The Bertz CT molecular complexity index is 797. The molecule has 2 rings (SSSR count). The number of rotatable bonds is 11. The van der Waals surface area contributed by atoms with Crippen LogP contribution in [0.3, 0.4) is 0 Å². The number of hydrogen-bond acceptors (Lipinski definition) is 5. The van der Waals surface area contributed by atoms with E-state index in [4.69, 9.17) is 19.5 Å². The Kier molecular flexibility index (Phi) is 8.67. The van der Waals surface area contributed by atoms with Crippen molar-refractivity contribution in [2.24, 2.45) is 0 Å². The molecule has 0 atom stereocenters. The molecule has 0 radical (unpaired) electrons. The Hall–Kier alpha value is -3.20. The highest BCUT2D eigenvalue weighted by atomic mass is 16.5. The first-order valence-corrected chi connectivity index (χ1v) is 9.31. The van der Waals surface area contributed by atoms with Gasteiger partial charge in [-0.05, 0) is 48.2 Å². The van der Waals surface area contributed by atoms with E-state index in [2.05, 4.69) is 24.4 Å². The number of nitrogens with zero attached hydrogens (tertiary/aromatic N) is 1. The van der Waals surface area contributed by atoms with Crippen LogP contribution in [0.15, 0.2) is 42.5 Å². The van der Waals surface area contributed by atoms with Crippen molar-refractivity contribution >= 4 is 5.91 Å². The summed E-state index contributed by atoms with van der Waals surface area (Å²) in [5, 5.41) is 11.2. The Morgan fingerprint density at radius 1 is 1.04 bits per heavy atom. The fraction of sp³-hybridized carbons (Fsp3) is 0.364. The van der Waals surface area contributed by atoms with Gasteiger partial charge in [-0.2, -0.15) is 5.26 Å². The van der Waals surface area contributed by atoms with Gasteiger partial charge in [0.2, 0.25) is 5.91 Å². The highest BCUT2D eigenvalue weighted by Gasteiger charge is 2.07. The van der Waals surface area contributed by atoms with Gasteiger partial charge < -0.3 is 19.5 Å². The van der Waals surface area contributed by atoms with E-state index < -0.39 is 0 Å². The molecule has 6 nitrogen and oxygen atoms in total. The molecule has 0 aliphatic heterocycles.